The first-order chi connectivity index (χ1) is 11.0. The second kappa shape index (κ2) is 5.83. The third kappa shape index (κ3) is 2.69. The third-order valence-corrected chi connectivity index (χ3v) is 4.22. The van der Waals surface area contributed by atoms with Crippen LogP contribution in [0.1, 0.15) is 34.6 Å². The molecule has 1 fully saturated rings. The smallest absolute Gasteiger partial charge is 0.277 e. The van der Waals surface area contributed by atoms with Crippen molar-refractivity contribution in [3.05, 3.63) is 41.2 Å². The normalized spacial score (nSPS) is 17.5. The van der Waals surface area contributed by atoms with E-state index in [-0.39, 0.29) is 11.6 Å². The zero-order chi connectivity index (χ0) is 16.6. The number of hydrogen-bond acceptors (Lipinski definition) is 4. The molecule has 3 rings (SSSR count). The quantitative estimate of drug-likeness (QED) is 0.913. The monoisotopic (exact) mass is 313 g/mol. The van der Waals surface area contributed by atoms with Crippen LogP contribution in [0.25, 0.3) is 5.69 Å². The maximum Gasteiger partial charge on any atom is 0.277 e. The van der Waals surface area contributed by atoms with Crippen LogP contribution < -0.4 is 5.73 Å². The Kier molecular flexibility index (Phi) is 3.85. The lowest BCUT2D eigenvalue weighted by atomic mass is 10.2. The molecule has 1 aromatic carbocycles. The summed E-state index contributed by atoms with van der Waals surface area (Å²) in [6.07, 6.45) is 1.37. The van der Waals surface area contributed by atoms with E-state index in [1.807, 2.05) is 31.2 Å². The van der Waals surface area contributed by atoms with Gasteiger partial charge >= 0.3 is 0 Å². The summed E-state index contributed by atoms with van der Waals surface area (Å²) in [7, 11) is 0. The molecule has 120 valence electrons. The highest BCUT2D eigenvalue weighted by Crippen LogP contribution is 2.21. The first kappa shape index (κ1) is 15.2. The molecule has 1 aliphatic heterocycles. The molecule has 2 N–H and O–H groups in total. The van der Waals surface area contributed by atoms with Crippen LogP contribution in [0, 0.1) is 13.8 Å². The molecule has 1 aliphatic rings. The predicted octanol–water partition coefficient (Wildman–Crippen LogP) is 0.974. The van der Waals surface area contributed by atoms with Crippen molar-refractivity contribution in [2.24, 2.45) is 5.73 Å². The second-order valence-electron chi connectivity index (χ2n) is 5.83. The molecular formula is C16H19N5O2. The summed E-state index contributed by atoms with van der Waals surface area (Å²) in [5, 5.41) is 8.10. The Bertz CT molecular complexity index is 750. The summed E-state index contributed by atoms with van der Waals surface area (Å²) in [5.41, 5.74) is 8.27. The number of carbonyl (C=O) groups is 2. The number of aryl methyl sites for hydroxylation is 1. The molecule has 0 saturated carbocycles. The minimum atomic E-state index is -0.550. The SMILES string of the molecule is Cc1ccc(-n2nnc(C(=O)N3CCCC3C(N)=O)c2C)cc1. The van der Waals surface area contributed by atoms with Gasteiger partial charge in [0, 0.05) is 6.54 Å². The molecule has 0 radical (unpaired) electrons. The van der Waals surface area contributed by atoms with Gasteiger partial charge < -0.3 is 10.6 Å². The zero-order valence-electron chi connectivity index (χ0n) is 13.2. The van der Waals surface area contributed by atoms with Gasteiger partial charge in [0.25, 0.3) is 5.91 Å². The molecule has 0 aliphatic carbocycles. The van der Waals surface area contributed by atoms with E-state index in [9.17, 15) is 9.59 Å². The van der Waals surface area contributed by atoms with E-state index in [0.29, 0.717) is 18.7 Å². The summed E-state index contributed by atoms with van der Waals surface area (Å²) >= 11 is 0. The number of primary amides is 1. The zero-order valence-corrected chi connectivity index (χ0v) is 13.2. The van der Waals surface area contributed by atoms with E-state index >= 15 is 0 Å². The molecule has 7 nitrogen and oxygen atoms in total. The molecule has 7 heteroatoms. The third-order valence-electron chi connectivity index (χ3n) is 4.22. The fraction of sp³-hybridized carbons (Fsp3) is 0.375. The number of carbonyl (C=O) groups excluding carboxylic acids is 2. The van der Waals surface area contributed by atoms with Crippen molar-refractivity contribution in [1.82, 2.24) is 19.9 Å². The van der Waals surface area contributed by atoms with E-state index < -0.39 is 11.9 Å². The molecule has 0 bridgehead atoms. The van der Waals surface area contributed by atoms with E-state index in [4.69, 9.17) is 5.73 Å². The Morgan fingerprint density at radius 2 is 1.91 bits per heavy atom. The average molecular weight is 313 g/mol. The van der Waals surface area contributed by atoms with Gasteiger partial charge in [0.1, 0.15) is 6.04 Å². The summed E-state index contributed by atoms with van der Waals surface area (Å²) in [6.45, 7) is 4.32. The minimum Gasteiger partial charge on any atom is -0.368 e. The van der Waals surface area contributed by atoms with Crippen LogP contribution in [0.5, 0.6) is 0 Å². The maximum atomic E-state index is 12.7. The van der Waals surface area contributed by atoms with Crippen molar-refractivity contribution in [1.29, 1.82) is 0 Å². The Balaban J connectivity index is 1.91. The molecule has 1 aromatic heterocycles. The standard InChI is InChI=1S/C16H19N5O2/c1-10-5-7-12(8-6-10)21-11(2)14(18-19-21)16(23)20-9-3-4-13(20)15(17)22/h5-8,13H,3-4,9H2,1-2H3,(H2,17,22). The van der Waals surface area contributed by atoms with Crippen LogP contribution in [0.3, 0.4) is 0 Å². The van der Waals surface area contributed by atoms with Crippen LogP contribution in [0.15, 0.2) is 24.3 Å². The highest BCUT2D eigenvalue weighted by Gasteiger charge is 2.35. The van der Waals surface area contributed by atoms with Gasteiger partial charge in [0.05, 0.1) is 11.4 Å². The predicted molar refractivity (Wildman–Crippen MR) is 84.1 cm³/mol. The van der Waals surface area contributed by atoms with Crippen molar-refractivity contribution >= 4 is 11.8 Å². The van der Waals surface area contributed by atoms with E-state index in [1.54, 1.807) is 11.6 Å². The van der Waals surface area contributed by atoms with Crippen molar-refractivity contribution in [3.63, 3.8) is 0 Å². The summed E-state index contributed by atoms with van der Waals surface area (Å²) in [5.74, 6) is -0.762. The lowest BCUT2D eigenvalue weighted by Gasteiger charge is -2.21. The van der Waals surface area contributed by atoms with Crippen molar-refractivity contribution in [2.45, 2.75) is 32.7 Å². The van der Waals surface area contributed by atoms with Gasteiger partial charge in [0.15, 0.2) is 5.69 Å². The first-order valence-corrected chi connectivity index (χ1v) is 7.58. The molecular weight excluding hydrogens is 294 g/mol. The number of nitrogens with two attached hydrogens (primary N) is 1. The van der Waals surface area contributed by atoms with Crippen LogP contribution in [0.4, 0.5) is 0 Å². The molecule has 2 heterocycles. The summed E-state index contributed by atoms with van der Waals surface area (Å²) in [4.78, 5) is 25.7. The number of benzene rings is 1. The largest absolute Gasteiger partial charge is 0.368 e. The van der Waals surface area contributed by atoms with E-state index in [1.165, 1.54) is 4.90 Å². The molecule has 2 aromatic rings. The average Bonchev–Trinajstić information content (AvgIpc) is 3.14. The van der Waals surface area contributed by atoms with Crippen LogP contribution in [0.2, 0.25) is 0 Å². The molecule has 1 atom stereocenters. The molecule has 1 saturated heterocycles. The Morgan fingerprint density at radius 1 is 1.22 bits per heavy atom. The number of aromatic nitrogens is 3. The number of amides is 2. The number of rotatable bonds is 3. The fourth-order valence-corrected chi connectivity index (χ4v) is 2.90. The summed E-state index contributed by atoms with van der Waals surface area (Å²) in [6, 6.07) is 7.25. The van der Waals surface area contributed by atoms with Gasteiger partial charge in [-0.25, -0.2) is 4.68 Å². The van der Waals surface area contributed by atoms with Crippen molar-refractivity contribution in [3.8, 4) is 5.69 Å². The Labute approximate surface area is 134 Å². The number of likely N-dealkylation sites (tertiary alicyclic amines) is 1. The van der Waals surface area contributed by atoms with Gasteiger partial charge in [-0.1, -0.05) is 22.9 Å². The summed E-state index contributed by atoms with van der Waals surface area (Å²) < 4.78 is 1.63. The molecule has 23 heavy (non-hydrogen) atoms. The molecule has 0 spiro atoms. The molecule has 1 unspecified atom stereocenters. The Hall–Kier alpha value is -2.70. The minimum absolute atomic E-state index is 0.263. The van der Waals surface area contributed by atoms with Crippen LogP contribution in [-0.4, -0.2) is 44.3 Å². The number of nitrogens with zero attached hydrogens (tertiary/aromatic N) is 4. The molecule has 2 amide bonds. The van der Waals surface area contributed by atoms with E-state index in [0.717, 1.165) is 17.7 Å². The van der Waals surface area contributed by atoms with Crippen LogP contribution in [-0.2, 0) is 4.79 Å². The van der Waals surface area contributed by atoms with Crippen LogP contribution >= 0.6 is 0 Å². The topological polar surface area (TPSA) is 94.1 Å². The highest BCUT2D eigenvalue weighted by molar-refractivity contribution is 5.97. The second-order valence-corrected chi connectivity index (χ2v) is 5.83. The van der Waals surface area contributed by atoms with Crippen molar-refractivity contribution < 1.29 is 9.59 Å². The highest BCUT2D eigenvalue weighted by atomic mass is 16.2. The van der Waals surface area contributed by atoms with Gasteiger partial charge in [-0.05, 0) is 38.8 Å². The van der Waals surface area contributed by atoms with Gasteiger partial charge in [-0.2, -0.15) is 0 Å². The van der Waals surface area contributed by atoms with Gasteiger partial charge in [-0.15, -0.1) is 5.10 Å². The maximum absolute atomic E-state index is 12.7. The lowest BCUT2D eigenvalue weighted by molar-refractivity contribution is -0.121. The Morgan fingerprint density at radius 3 is 2.57 bits per heavy atom. The van der Waals surface area contributed by atoms with Crippen molar-refractivity contribution in [2.75, 3.05) is 6.54 Å². The number of hydrogen-bond donors (Lipinski definition) is 1. The first-order valence-electron chi connectivity index (χ1n) is 7.58. The lowest BCUT2D eigenvalue weighted by Crippen LogP contribution is -2.44. The van der Waals surface area contributed by atoms with E-state index in [2.05, 4.69) is 10.3 Å². The van der Waals surface area contributed by atoms with Gasteiger partial charge in [-0.3, -0.25) is 9.59 Å². The fourth-order valence-electron chi connectivity index (χ4n) is 2.90. The van der Waals surface area contributed by atoms with Gasteiger partial charge in [0.2, 0.25) is 5.91 Å².